The monoisotopic (exact) mass is 292 g/mol. The molecule has 0 spiro atoms. The summed E-state index contributed by atoms with van der Waals surface area (Å²) < 4.78 is 8.59. The molecule has 2 amide bonds. The first-order valence-corrected chi connectivity index (χ1v) is 7.34. The fourth-order valence-corrected chi connectivity index (χ4v) is 3.54. The van der Waals surface area contributed by atoms with Crippen LogP contribution in [0.3, 0.4) is 0 Å². The highest BCUT2D eigenvalue weighted by Gasteiger charge is 2.34. The molecule has 2 atom stereocenters. The predicted octanol–water partition coefficient (Wildman–Crippen LogP) is -0.362. The molecule has 8 nitrogen and oxygen atoms in total. The van der Waals surface area contributed by atoms with Crippen LogP contribution >= 0.6 is 21.6 Å². The smallest absolute Gasteiger partial charge is 0.375 e. The summed E-state index contributed by atoms with van der Waals surface area (Å²) in [6.45, 7) is 0. The zero-order valence-electron chi connectivity index (χ0n) is 8.83. The molecule has 0 aromatic rings. The number of rotatable bonds is 5. The topological polar surface area (TPSA) is 111 Å². The molecular weight excluding hydrogens is 284 g/mol. The SMILES string of the molecule is O=C1NC(CSSCC2NC(=O)OC2=O)C(=O)O1. The maximum absolute atomic E-state index is 11.1. The Hall–Kier alpha value is -1.42. The number of ether oxygens (including phenoxy) is 2. The van der Waals surface area contributed by atoms with Crippen LogP contribution in [0.4, 0.5) is 9.59 Å². The zero-order chi connectivity index (χ0) is 13.1. The van der Waals surface area contributed by atoms with E-state index in [2.05, 4.69) is 20.1 Å². The van der Waals surface area contributed by atoms with Gasteiger partial charge in [-0.25, -0.2) is 19.2 Å². The van der Waals surface area contributed by atoms with Gasteiger partial charge in [0.25, 0.3) is 0 Å². The molecule has 0 aromatic carbocycles. The first-order valence-electron chi connectivity index (χ1n) is 4.85. The number of hydrogen-bond donors (Lipinski definition) is 2. The molecule has 2 rings (SSSR count). The van der Waals surface area contributed by atoms with E-state index in [0.717, 1.165) is 0 Å². The van der Waals surface area contributed by atoms with Gasteiger partial charge in [0, 0.05) is 11.5 Å². The van der Waals surface area contributed by atoms with Gasteiger partial charge in [0.1, 0.15) is 12.1 Å². The lowest BCUT2D eigenvalue weighted by atomic mass is 10.4. The number of carbonyl (C=O) groups excluding carboxylic acids is 4. The van der Waals surface area contributed by atoms with Crippen LogP contribution in [0.5, 0.6) is 0 Å². The Morgan fingerprint density at radius 3 is 1.50 bits per heavy atom. The number of alkyl carbamates (subject to hydrolysis) is 2. The van der Waals surface area contributed by atoms with Crippen molar-refractivity contribution in [3.63, 3.8) is 0 Å². The summed E-state index contributed by atoms with van der Waals surface area (Å²) >= 11 is 0. The third kappa shape index (κ3) is 3.07. The third-order valence-corrected chi connectivity index (χ3v) is 4.51. The van der Waals surface area contributed by atoms with E-state index in [4.69, 9.17) is 0 Å². The van der Waals surface area contributed by atoms with E-state index in [1.165, 1.54) is 21.6 Å². The van der Waals surface area contributed by atoms with Gasteiger partial charge in [-0.15, -0.1) is 0 Å². The van der Waals surface area contributed by atoms with Crippen molar-refractivity contribution >= 4 is 45.7 Å². The van der Waals surface area contributed by atoms with Gasteiger partial charge in [0.2, 0.25) is 0 Å². The van der Waals surface area contributed by atoms with Crippen LogP contribution in [-0.4, -0.2) is 47.7 Å². The highest BCUT2D eigenvalue weighted by molar-refractivity contribution is 8.76. The fraction of sp³-hybridized carbons (Fsp3) is 0.500. The molecule has 2 aliphatic rings. The quantitative estimate of drug-likeness (QED) is 0.306. The van der Waals surface area contributed by atoms with Crippen molar-refractivity contribution < 1.29 is 28.7 Å². The number of esters is 2. The fourth-order valence-electron chi connectivity index (χ4n) is 1.24. The Morgan fingerprint density at radius 2 is 1.22 bits per heavy atom. The summed E-state index contributed by atoms with van der Waals surface area (Å²) in [4.78, 5) is 43.6. The van der Waals surface area contributed by atoms with Crippen molar-refractivity contribution in [1.82, 2.24) is 10.6 Å². The van der Waals surface area contributed by atoms with E-state index >= 15 is 0 Å². The van der Waals surface area contributed by atoms with Crippen LogP contribution in [-0.2, 0) is 19.1 Å². The minimum atomic E-state index is -0.748. The number of hydrogen-bond acceptors (Lipinski definition) is 8. The number of nitrogens with one attached hydrogen (secondary N) is 2. The molecule has 98 valence electrons. The molecule has 0 aliphatic carbocycles. The molecule has 2 unspecified atom stereocenters. The lowest BCUT2D eigenvalue weighted by Gasteiger charge is -2.06. The molecular formula is C8H8N2O6S2. The van der Waals surface area contributed by atoms with E-state index in [9.17, 15) is 19.2 Å². The average Bonchev–Trinajstić information content (AvgIpc) is 2.77. The Labute approximate surface area is 109 Å². The molecule has 2 aliphatic heterocycles. The van der Waals surface area contributed by atoms with Crippen molar-refractivity contribution in [3.05, 3.63) is 0 Å². The van der Waals surface area contributed by atoms with Crippen molar-refractivity contribution in [2.45, 2.75) is 12.1 Å². The summed E-state index contributed by atoms with van der Waals surface area (Å²) in [5.74, 6) is -0.570. The van der Waals surface area contributed by atoms with Gasteiger partial charge in [-0.2, -0.15) is 0 Å². The van der Waals surface area contributed by atoms with Gasteiger partial charge in [-0.1, -0.05) is 21.6 Å². The highest BCUT2D eigenvalue weighted by Crippen LogP contribution is 2.25. The minimum Gasteiger partial charge on any atom is -0.375 e. The molecule has 2 N–H and O–H groups in total. The van der Waals surface area contributed by atoms with Crippen molar-refractivity contribution in [1.29, 1.82) is 0 Å². The average molecular weight is 292 g/mol. The Balaban J connectivity index is 1.64. The third-order valence-electron chi connectivity index (χ3n) is 2.09. The van der Waals surface area contributed by atoms with E-state index in [0.29, 0.717) is 11.5 Å². The summed E-state index contributed by atoms with van der Waals surface area (Å²) in [5, 5.41) is 4.68. The van der Waals surface area contributed by atoms with Crippen molar-refractivity contribution in [2.24, 2.45) is 0 Å². The Bertz CT molecular complexity index is 376. The molecule has 0 saturated carbocycles. The van der Waals surface area contributed by atoms with E-state index in [1.54, 1.807) is 0 Å². The lowest BCUT2D eigenvalue weighted by Crippen LogP contribution is -2.32. The standard InChI is InChI=1S/C8H8N2O6S2/c11-5-3(9-7(13)15-5)1-17-18-2-4-6(12)16-8(14)10-4/h3-4H,1-2H2,(H,9,13)(H,10,14). The number of carbonyl (C=O) groups is 4. The van der Waals surface area contributed by atoms with E-state index < -0.39 is 36.2 Å². The van der Waals surface area contributed by atoms with Crippen LogP contribution in [0, 0.1) is 0 Å². The van der Waals surface area contributed by atoms with Gasteiger partial charge in [-0.05, 0) is 0 Å². The molecule has 18 heavy (non-hydrogen) atoms. The normalized spacial score (nSPS) is 26.7. The first-order chi connectivity index (χ1) is 8.56. The molecule has 0 bridgehead atoms. The zero-order valence-corrected chi connectivity index (χ0v) is 10.5. The van der Waals surface area contributed by atoms with Crippen LogP contribution < -0.4 is 10.6 Å². The minimum absolute atomic E-state index is 0.324. The largest absolute Gasteiger partial charge is 0.415 e. The van der Waals surface area contributed by atoms with Crippen LogP contribution in [0.1, 0.15) is 0 Å². The number of amides is 2. The van der Waals surface area contributed by atoms with Gasteiger partial charge in [0.05, 0.1) is 0 Å². The molecule has 0 radical (unpaired) electrons. The summed E-state index contributed by atoms with van der Waals surface area (Å²) in [5.41, 5.74) is 0. The second kappa shape index (κ2) is 5.48. The van der Waals surface area contributed by atoms with Crippen molar-refractivity contribution in [2.75, 3.05) is 11.5 Å². The van der Waals surface area contributed by atoms with E-state index in [-0.39, 0.29) is 0 Å². The molecule has 10 heteroatoms. The van der Waals surface area contributed by atoms with Crippen LogP contribution in [0.15, 0.2) is 0 Å². The predicted molar refractivity (Wildman–Crippen MR) is 61.7 cm³/mol. The maximum atomic E-state index is 11.1. The Morgan fingerprint density at radius 1 is 0.833 bits per heavy atom. The molecule has 2 fully saturated rings. The van der Waals surface area contributed by atoms with Gasteiger partial charge >= 0.3 is 24.1 Å². The van der Waals surface area contributed by atoms with E-state index in [1.807, 2.05) is 0 Å². The van der Waals surface area contributed by atoms with Crippen LogP contribution in [0.25, 0.3) is 0 Å². The molecule has 2 saturated heterocycles. The Kier molecular flexibility index (Phi) is 3.97. The van der Waals surface area contributed by atoms with Gasteiger partial charge in [0.15, 0.2) is 0 Å². The first kappa shape index (κ1) is 13.0. The second-order valence-corrected chi connectivity index (χ2v) is 5.93. The van der Waals surface area contributed by atoms with Crippen molar-refractivity contribution in [3.8, 4) is 0 Å². The molecule has 2 heterocycles. The summed E-state index contributed by atoms with van der Waals surface area (Å²) in [7, 11) is 2.58. The highest BCUT2D eigenvalue weighted by atomic mass is 33.1. The molecule has 0 aromatic heterocycles. The number of cyclic esters (lactones) is 4. The van der Waals surface area contributed by atoms with Gasteiger partial charge < -0.3 is 20.1 Å². The second-order valence-electron chi connectivity index (χ2n) is 3.38. The van der Waals surface area contributed by atoms with Gasteiger partial charge in [-0.3, -0.25) is 0 Å². The summed E-state index contributed by atoms with van der Waals surface area (Å²) in [6.07, 6.45) is -1.50. The summed E-state index contributed by atoms with van der Waals surface area (Å²) in [6, 6.07) is -1.33. The maximum Gasteiger partial charge on any atom is 0.415 e. The lowest BCUT2D eigenvalue weighted by molar-refractivity contribution is -0.135. The van der Waals surface area contributed by atoms with Crippen LogP contribution in [0.2, 0.25) is 0 Å².